The summed E-state index contributed by atoms with van der Waals surface area (Å²) in [7, 11) is 0. The zero-order chi connectivity index (χ0) is 37.5. The van der Waals surface area contributed by atoms with Crippen molar-refractivity contribution in [2.75, 3.05) is 0 Å². The van der Waals surface area contributed by atoms with Gasteiger partial charge in [-0.1, -0.05) is 99.2 Å². The van der Waals surface area contributed by atoms with Gasteiger partial charge in [-0.3, -0.25) is 4.98 Å². The van der Waals surface area contributed by atoms with Crippen LogP contribution in [0.25, 0.3) is 88.2 Å². The summed E-state index contributed by atoms with van der Waals surface area (Å²) in [5.41, 5.74) is 15.0. The van der Waals surface area contributed by atoms with Gasteiger partial charge in [-0.25, -0.2) is 0 Å². The second kappa shape index (κ2) is 13.2. The summed E-state index contributed by atoms with van der Waals surface area (Å²) in [6.45, 7) is 0. The Morgan fingerprint density at radius 2 is 1.00 bits per heavy atom. The smallest absolute Gasteiger partial charge is 0.153 e. The quantitative estimate of drug-likeness (QED) is 0.176. The molecule has 10 aromatic rings. The van der Waals surface area contributed by atoms with Crippen molar-refractivity contribution in [2.45, 2.75) is 76.0 Å². The van der Waals surface area contributed by atoms with Crippen LogP contribution >= 0.6 is 0 Å². The van der Waals surface area contributed by atoms with Crippen LogP contribution in [0.15, 0.2) is 144 Å². The van der Waals surface area contributed by atoms with Gasteiger partial charge in [0, 0.05) is 39.1 Å². The zero-order valence-electron chi connectivity index (χ0n) is 32.3. The lowest BCUT2D eigenvalue weighted by Crippen LogP contribution is -2.04. The summed E-state index contributed by atoms with van der Waals surface area (Å²) in [6.07, 6.45) is 15.1. The summed E-state index contributed by atoms with van der Waals surface area (Å²) in [5.74, 6) is 1.29. The van der Waals surface area contributed by atoms with Gasteiger partial charge in [0.05, 0.1) is 27.5 Å². The summed E-state index contributed by atoms with van der Waals surface area (Å²) < 4.78 is 11.4. The first kappa shape index (κ1) is 33.1. The molecule has 278 valence electrons. The van der Waals surface area contributed by atoms with Crippen LogP contribution in [0.3, 0.4) is 0 Å². The highest BCUT2D eigenvalue weighted by molar-refractivity contribution is 6.13. The van der Waals surface area contributed by atoms with E-state index in [1.165, 1.54) is 119 Å². The number of fused-ring (bicyclic) bond motifs is 9. The maximum absolute atomic E-state index is 6.40. The van der Waals surface area contributed by atoms with Crippen LogP contribution < -0.4 is 0 Å². The number of hydrogen-bond donors (Lipinski definition) is 0. The standard InChI is InChI=1S/C53H45N3O/c1-3-13-34(14-4-1)36-24-26-48-44(31-36)42-17-7-9-20-46(42)55(48)39-29-38(41-19-11-22-50-52(41)53-51(57-50)23-12-28-54-53)30-40(33-39)56-47-21-10-8-18-43(47)45-32-37(25-27-49(45)56)35-15-5-2-6-16-35/h7-12,17-35H,1-6,13-16H2. The van der Waals surface area contributed by atoms with Gasteiger partial charge in [-0.05, 0) is 133 Å². The molecule has 4 nitrogen and oxygen atoms in total. The number of benzene rings is 6. The van der Waals surface area contributed by atoms with E-state index in [0.717, 1.165) is 44.6 Å². The maximum Gasteiger partial charge on any atom is 0.153 e. The Balaban J connectivity index is 1.14. The molecule has 0 N–H and O–H groups in total. The van der Waals surface area contributed by atoms with E-state index >= 15 is 0 Å². The summed E-state index contributed by atoms with van der Waals surface area (Å²) in [6, 6.07) is 50.2. The lowest BCUT2D eigenvalue weighted by molar-refractivity contribution is 0.444. The van der Waals surface area contributed by atoms with Crippen LogP contribution in [0.5, 0.6) is 0 Å². The summed E-state index contributed by atoms with van der Waals surface area (Å²) in [4.78, 5) is 4.85. The lowest BCUT2D eigenvalue weighted by Gasteiger charge is -2.22. The van der Waals surface area contributed by atoms with E-state index in [9.17, 15) is 0 Å². The van der Waals surface area contributed by atoms with Gasteiger partial charge >= 0.3 is 0 Å². The number of furan rings is 1. The van der Waals surface area contributed by atoms with Crippen LogP contribution in [-0.4, -0.2) is 14.1 Å². The minimum Gasteiger partial charge on any atom is -0.454 e. The molecular weight excluding hydrogens is 695 g/mol. The van der Waals surface area contributed by atoms with Crippen LogP contribution in [0.4, 0.5) is 0 Å². The number of hydrogen-bond acceptors (Lipinski definition) is 2. The first-order valence-electron chi connectivity index (χ1n) is 21.3. The molecule has 0 unspecified atom stereocenters. The van der Waals surface area contributed by atoms with Crippen molar-refractivity contribution in [2.24, 2.45) is 0 Å². The first-order chi connectivity index (χ1) is 28.3. The summed E-state index contributed by atoms with van der Waals surface area (Å²) >= 11 is 0. The average Bonchev–Trinajstić information content (AvgIpc) is 3.94. The largest absolute Gasteiger partial charge is 0.454 e. The molecule has 2 saturated carbocycles. The third-order valence-electron chi connectivity index (χ3n) is 13.5. The minimum atomic E-state index is 0.646. The van der Waals surface area contributed by atoms with Crippen LogP contribution in [-0.2, 0) is 0 Å². The van der Waals surface area contributed by atoms with E-state index in [-0.39, 0.29) is 0 Å². The molecule has 0 spiro atoms. The van der Waals surface area contributed by atoms with E-state index in [0.29, 0.717) is 11.8 Å². The van der Waals surface area contributed by atoms with Gasteiger partial charge in [0.1, 0.15) is 11.1 Å². The Hall–Kier alpha value is -6.13. The van der Waals surface area contributed by atoms with Crippen molar-refractivity contribution < 1.29 is 4.42 Å². The van der Waals surface area contributed by atoms with Gasteiger partial charge in [-0.15, -0.1) is 0 Å². The van der Waals surface area contributed by atoms with Crippen molar-refractivity contribution in [3.8, 4) is 22.5 Å². The first-order valence-corrected chi connectivity index (χ1v) is 21.3. The fraction of sp³-hybridized carbons (Fsp3) is 0.226. The van der Waals surface area contributed by atoms with E-state index in [2.05, 4.69) is 130 Å². The number of rotatable bonds is 5. The van der Waals surface area contributed by atoms with Gasteiger partial charge < -0.3 is 13.6 Å². The number of pyridine rings is 1. The van der Waals surface area contributed by atoms with E-state index < -0.39 is 0 Å². The molecule has 2 aliphatic rings. The Labute approximate surface area is 332 Å². The molecule has 4 heteroatoms. The third kappa shape index (κ3) is 5.30. The number of nitrogens with zero attached hydrogens (tertiary/aromatic N) is 3. The molecule has 0 atom stereocenters. The lowest BCUT2D eigenvalue weighted by atomic mass is 9.84. The monoisotopic (exact) mass is 739 g/mol. The second-order valence-corrected chi connectivity index (χ2v) is 16.8. The van der Waals surface area contributed by atoms with Crippen molar-refractivity contribution in [3.63, 3.8) is 0 Å². The molecule has 6 aromatic carbocycles. The normalized spacial score (nSPS) is 15.9. The molecular formula is C53H45N3O. The van der Waals surface area contributed by atoms with Gasteiger partial charge in [-0.2, -0.15) is 0 Å². The highest BCUT2D eigenvalue weighted by atomic mass is 16.3. The molecule has 12 rings (SSSR count). The minimum absolute atomic E-state index is 0.646. The molecule has 57 heavy (non-hydrogen) atoms. The van der Waals surface area contributed by atoms with E-state index in [1.54, 1.807) is 0 Å². The third-order valence-corrected chi connectivity index (χ3v) is 13.5. The predicted octanol–water partition coefficient (Wildman–Crippen LogP) is 14.9. The van der Waals surface area contributed by atoms with Gasteiger partial charge in [0.2, 0.25) is 0 Å². The number of para-hydroxylation sites is 2. The summed E-state index contributed by atoms with van der Waals surface area (Å²) in [5, 5.41) is 6.32. The fourth-order valence-electron chi connectivity index (χ4n) is 10.8. The molecule has 0 bridgehead atoms. The van der Waals surface area contributed by atoms with E-state index in [4.69, 9.17) is 9.40 Å². The van der Waals surface area contributed by atoms with E-state index in [1.807, 2.05) is 18.3 Å². The van der Waals surface area contributed by atoms with Crippen molar-refractivity contribution in [1.29, 1.82) is 0 Å². The Morgan fingerprint density at radius 1 is 0.456 bits per heavy atom. The average molecular weight is 740 g/mol. The predicted molar refractivity (Wildman–Crippen MR) is 237 cm³/mol. The van der Waals surface area contributed by atoms with Crippen molar-refractivity contribution >= 4 is 65.7 Å². The molecule has 2 aliphatic carbocycles. The van der Waals surface area contributed by atoms with Crippen molar-refractivity contribution in [1.82, 2.24) is 14.1 Å². The second-order valence-electron chi connectivity index (χ2n) is 16.8. The fourth-order valence-corrected chi connectivity index (χ4v) is 10.8. The molecule has 0 radical (unpaired) electrons. The highest BCUT2D eigenvalue weighted by Crippen LogP contribution is 2.43. The maximum atomic E-state index is 6.40. The van der Waals surface area contributed by atoms with Crippen LogP contribution in [0.2, 0.25) is 0 Å². The zero-order valence-corrected chi connectivity index (χ0v) is 32.3. The molecule has 2 fully saturated rings. The molecule has 0 aliphatic heterocycles. The SMILES string of the molecule is c1cnc2c(c1)oc1cccc(-c3cc(-n4c5ccccc5c5cc(C6CCCCC6)ccc54)cc(-n4c5ccccc5c5cc(C6CCCCC6)ccc54)c3)c12. The topological polar surface area (TPSA) is 35.9 Å². The Bertz CT molecular complexity index is 3010. The van der Waals surface area contributed by atoms with Crippen LogP contribution in [0, 0.1) is 0 Å². The highest BCUT2D eigenvalue weighted by Gasteiger charge is 2.23. The number of aromatic nitrogens is 3. The Kier molecular flexibility index (Phi) is 7.67. The van der Waals surface area contributed by atoms with Gasteiger partial charge in [0.15, 0.2) is 5.58 Å². The Morgan fingerprint density at radius 3 is 1.60 bits per heavy atom. The van der Waals surface area contributed by atoms with Crippen LogP contribution in [0.1, 0.15) is 87.2 Å². The molecule has 0 saturated heterocycles. The molecule has 4 heterocycles. The molecule has 4 aromatic heterocycles. The van der Waals surface area contributed by atoms with Crippen molar-refractivity contribution in [3.05, 3.63) is 151 Å². The molecule has 0 amide bonds. The van der Waals surface area contributed by atoms with Gasteiger partial charge in [0.25, 0.3) is 0 Å².